The Morgan fingerprint density at radius 2 is 1.91 bits per heavy atom. The summed E-state index contributed by atoms with van der Waals surface area (Å²) >= 11 is 6.37. The molecule has 0 saturated carbocycles. The van der Waals surface area contributed by atoms with Crippen LogP contribution in [0.2, 0.25) is 5.02 Å². The first-order chi connectivity index (χ1) is 16.1. The number of aromatic hydroxyl groups is 1. The SMILES string of the molecule is Oc1cccc(C23CCN(CCc4ccccc4)CC2Cc2c([nH]c4ccc(Cl)cc24)C3)c1. The number of aromatic nitrogens is 1. The van der Waals surface area contributed by atoms with E-state index in [0.29, 0.717) is 11.7 Å². The topological polar surface area (TPSA) is 39.3 Å². The maximum absolute atomic E-state index is 10.3. The third-order valence-corrected chi connectivity index (χ3v) is 8.25. The summed E-state index contributed by atoms with van der Waals surface area (Å²) in [6.45, 7) is 3.25. The molecule has 4 heteroatoms. The van der Waals surface area contributed by atoms with E-state index in [-0.39, 0.29) is 5.41 Å². The minimum Gasteiger partial charge on any atom is -0.508 e. The second-order valence-corrected chi connectivity index (χ2v) is 10.3. The quantitative estimate of drug-likeness (QED) is 0.388. The van der Waals surface area contributed by atoms with Gasteiger partial charge in [0.15, 0.2) is 0 Å². The first-order valence-corrected chi connectivity index (χ1v) is 12.3. The van der Waals surface area contributed by atoms with Crippen LogP contribution >= 0.6 is 11.6 Å². The van der Waals surface area contributed by atoms with Gasteiger partial charge in [0.25, 0.3) is 0 Å². The van der Waals surface area contributed by atoms with Crippen LogP contribution in [0.4, 0.5) is 0 Å². The Balaban J connectivity index is 1.35. The van der Waals surface area contributed by atoms with Crippen LogP contribution in [0.25, 0.3) is 10.9 Å². The maximum Gasteiger partial charge on any atom is 0.115 e. The standard InChI is InChI=1S/C29H29ClN2O/c30-23-9-10-27-26(17-23)25-16-22-19-32(13-11-20-5-2-1-3-6-20)14-12-29(22,18-28(25)31-27)21-7-4-8-24(33)15-21/h1-10,15,17,22,31,33H,11-14,16,18-19H2. The molecule has 6 rings (SSSR count). The Kier molecular flexibility index (Phi) is 5.20. The molecule has 4 aromatic rings. The Hall–Kier alpha value is -2.75. The van der Waals surface area contributed by atoms with Gasteiger partial charge in [-0.1, -0.05) is 54.1 Å². The van der Waals surface area contributed by atoms with Crippen molar-refractivity contribution in [1.29, 1.82) is 0 Å². The Bertz CT molecular complexity index is 1300. The third kappa shape index (κ3) is 3.74. The van der Waals surface area contributed by atoms with Crippen molar-refractivity contribution in [2.24, 2.45) is 5.92 Å². The van der Waals surface area contributed by atoms with Crippen LogP contribution in [-0.2, 0) is 24.7 Å². The summed E-state index contributed by atoms with van der Waals surface area (Å²) < 4.78 is 0. The first-order valence-electron chi connectivity index (χ1n) is 12.0. The molecule has 0 spiro atoms. The number of likely N-dealkylation sites (tertiary alicyclic amines) is 1. The summed E-state index contributed by atoms with van der Waals surface area (Å²) in [4.78, 5) is 6.35. The van der Waals surface area contributed by atoms with Crippen LogP contribution in [0.1, 0.15) is 28.8 Å². The lowest BCUT2D eigenvalue weighted by Crippen LogP contribution is -2.54. The highest BCUT2D eigenvalue weighted by atomic mass is 35.5. The number of rotatable bonds is 4. The Labute approximate surface area is 200 Å². The molecule has 3 aromatic carbocycles. The highest BCUT2D eigenvalue weighted by Gasteiger charge is 2.48. The second kappa shape index (κ2) is 8.23. The highest BCUT2D eigenvalue weighted by molar-refractivity contribution is 6.31. The molecule has 2 unspecified atom stereocenters. The minimum atomic E-state index is 0.0413. The molecule has 2 heterocycles. The molecule has 1 fully saturated rings. The molecule has 1 aliphatic carbocycles. The van der Waals surface area contributed by atoms with E-state index in [1.807, 2.05) is 18.2 Å². The van der Waals surface area contributed by atoms with Crippen molar-refractivity contribution in [2.45, 2.75) is 31.1 Å². The molecular weight excluding hydrogens is 428 g/mol. The number of H-pyrrole nitrogens is 1. The number of hydrogen-bond acceptors (Lipinski definition) is 2. The maximum atomic E-state index is 10.3. The lowest BCUT2D eigenvalue weighted by Gasteiger charge is -2.51. The van der Waals surface area contributed by atoms with Gasteiger partial charge in [0.1, 0.15) is 5.75 Å². The molecule has 1 saturated heterocycles. The van der Waals surface area contributed by atoms with Gasteiger partial charge in [-0.3, -0.25) is 0 Å². The van der Waals surface area contributed by atoms with E-state index in [2.05, 4.69) is 58.4 Å². The van der Waals surface area contributed by atoms with Crippen molar-refractivity contribution in [2.75, 3.05) is 19.6 Å². The van der Waals surface area contributed by atoms with E-state index in [4.69, 9.17) is 11.6 Å². The lowest BCUT2D eigenvalue weighted by atomic mass is 9.58. The van der Waals surface area contributed by atoms with Crippen LogP contribution in [0.3, 0.4) is 0 Å². The normalized spacial score (nSPS) is 22.8. The van der Waals surface area contributed by atoms with Crippen LogP contribution in [0.5, 0.6) is 5.75 Å². The van der Waals surface area contributed by atoms with Crippen molar-refractivity contribution < 1.29 is 5.11 Å². The summed E-state index contributed by atoms with van der Waals surface area (Å²) in [5, 5.41) is 12.4. The van der Waals surface area contributed by atoms with Crippen molar-refractivity contribution in [3.8, 4) is 5.75 Å². The Morgan fingerprint density at radius 1 is 1.03 bits per heavy atom. The van der Waals surface area contributed by atoms with Gasteiger partial charge in [0.2, 0.25) is 0 Å². The van der Waals surface area contributed by atoms with Gasteiger partial charge >= 0.3 is 0 Å². The van der Waals surface area contributed by atoms with Gasteiger partial charge in [-0.2, -0.15) is 0 Å². The average molecular weight is 457 g/mol. The number of benzene rings is 3. The fourth-order valence-electron chi connectivity index (χ4n) is 6.29. The van der Waals surface area contributed by atoms with Crippen LogP contribution < -0.4 is 0 Å². The largest absolute Gasteiger partial charge is 0.508 e. The predicted octanol–water partition coefficient (Wildman–Crippen LogP) is 6.13. The van der Waals surface area contributed by atoms with Crippen LogP contribution in [0.15, 0.2) is 72.8 Å². The highest BCUT2D eigenvalue weighted by Crippen LogP contribution is 2.49. The van der Waals surface area contributed by atoms with Gasteiger partial charge in [0, 0.05) is 40.1 Å². The van der Waals surface area contributed by atoms with E-state index in [9.17, 15) is 5.11 Å². The molecule has 2 aliphatic rings. The number of piperidine rings is 1. The molecule has 3 nitrogen and oxygen atoms in total. The molecule has 0 radical (unpaired) electrons. The zero-order valence-corrected chi connectivity index (χ0v) is 19.5. The van der Waals surface area contributed by atoms with Crippen molar-refractivity contribution >= 4 is 22.5 Å². The molecule has 2 N–H and O–H groups in total. The number of hydrogen-bond donors (Lipinski definition) is 2. The summed E-state index contributed by atoms with van der Waals surface area (Å²) in [5.74, 6) is 0.857. The lowest BCUT2D eigenvalue weighted by molar-refractivity contribution is 0.0822. The van der Waals surface area contributed by atoms with Gasteiger partial charge in [-0.15, -0.1) is 0 Å². The molecule has 0 bridgehead atoms. The minimum absolute atomic E-state index is 0.0413. The zero-order valence-electron chi connectivity index (χ0n) is 18.7. The van der Waals surface area contributed by atoms with E-state index >= 15 is 0 Å². The number of nitrogens with one attached hydrogen (secondary N) is 1. The molecule has 33 heavy (non-hydrogen) atoms. The summed E-state index contributed by atoms with van der Waals surface area (Å²) in [7, 11) is 0. The van der Waals surface area contributed by atoms with Crippen LogP contribution in [-0.4, -0.2) is 34.6 Å². The molecule has 1 aliphatic heterocycles. The van der Waals surface area contributed by atoms with Crippen LogP contribution in [0, 0.1) is 5.92 Å². The average Bonchev–Trinajstić information content (AvgIpc) is 3.18. The number of phenolic OH excluding ortho intramolecular Hbond substituents is 1. The summed E-state index contributed by atoms with van der Waals surface area (Å²) in [5.41, 5.74) is 6.66. The van der Waals surface area contributed by atoms with Gasteiger partial charge in [-0.25, -0.2) is 0 Å². The number of nitrogens with zero attached hydrogens (tertiary/aromatic N) is 1. The number of halogens is 1. The fraction of sp³-hybridized carbons (Fsp3) is 0.310. The van der Waals surface area contributed by atoms with Gasteiger partial charge < -0.3 is 15.0 Å². The monoisotopic (exact) mass is 456 g/mol. The van der Waals surface area contributed by atoms with Crippen molar-refractivity contribution in [3.05, 3.63) is 100 Å². The van der Waals surface area contributed by atoms with Crippen molar-refractivity contribution in [1.82, 2.24) is 9.88 Å². The van der Waals surface area contributed by atoms with Crippen molar-refractivity contribution in [3.63, 3.8) is 0 Å². The van der Waals surface area contributed by atoms with Gasteiger partial charge in [0.05, 0.1) is 0 Å². The second-order valence-electron chi connectivity index (χ2n) is 9.84. The molecular formula is C29H29ClN2O. The smallest absolute Gasteiger partial charge is 0.115 e. The molecule has 1 aromatic heterocycles. The zero-order chi connectivity index (χ0) is 22.4. The summed E-state index contributed by atoms with van der Waals surface area (Å²) in [6.07, 6.45) is 4.20. The number of fused-ring (bicyclic) bond motifs is 4. The first kappa shape index (κ1) is 20.8. The van der Waals surface area contributed by atoms with E-state index in [1.54, 1.807) is 6.07 Å². The van der Waals surface area contributed by atoms with Gasteiger partial charge in [-0.05, 0) is 85.2 Å². The predicted molar refractivity (Wildman–Crippen MR) is 135 cm³/mol. The van der Waals surface area contributed by atoms with E-state index < -0.39 is 0 Å². The molecule has 168 valence electrons. The molecule has 2 atom stereocenters. The number of phenols is 1. The Morgan fingerprint density at radius 3 is 2.76 bits per heavy atom. The van der Waals surface area contributed by atoms with E-state index in [1.165, 1.54) is 33.3 Å². The third-order valence-electron chi connectivity index (χ3n) is 8.01. The summed E-state index contributed by atoms with van der Waals surface area (Å²) in [6, 6.07) is 25.0. The number of aromatic amines is 1. The molecule has 0 amide bonds. The van der Waals surface area contributed by atoms with E-state index in [0.717, 1.165) is 50.3 Å². The fourth-order valence-corrected chi connectivity index (χ4v) is 6.46.